The first-order chi connectivity index (χ1) is 10.8. The van der Waals surface area contributed by atoms with E-state index in [1.165, 1.54) is 6.33 Å². The highest BCUT2D eigenvalue weighted by molar-refractivity contribution is 5.90. The van der Waals surface area contributed by atoms with Crippen molar-refractivity contribution >= 4 is 11.6 Å². The Morgan fingerprint density at radius 3 is 2.82 bits per heavy atom. The summed E-state index contributed by atoms with van der Waals surface area (Å²) in [7, 11) is 0. The van der Waals surface area contributed by atoms with Gasteiger partial charge in [0, 0.05) is 36.6 Å². The number of hydrogen-bond donors (Lipinski definition) is 2. The number of aromatic amines is 1. The van der Waals surface area contributed by atoms with Gasteiger partial charge in [-0.15, -0.1) is 0 Å². The van der Waals surface area contributed by atoms with Gasteiger partial charge in [0.1, 0.15) is 6.33 Å². The number of aromatic nitrogens is 5. The maximum Gasteiger partial charge on any atom is 0.224 e. The van der Waals surface area contributed by atoms with E-state index < -0.39 is 0 Å². The summed E-state index contributed by atoms with van der Waals surface area (Å²) < 4.78 is 1.82. The molecule has 3 aromatic rings. The maximum absolute atomic E-state index is 11.9. The second kappa shape index (κ2) is 6.66. The molecule has 7 heteroatoms. The van der Waals surface area contributed by atoms with Gasteiger partial charge in [0.25, 0.3) is 0 Å². The Morgan fingerprint density at radius 2 is 2.14 bits per heavy atom. The smallest absolute Gasteiger partial charge is 0.224 e. The summed E-state index contributed by atoms with van der Waals surface area (Å²) in [4.78, 5) is 16.0. The molecule has 0 saturated carbocycles. The summed E-state index contributed by atoms with van der Waals surface area (Å²) >= 11 is 0. The van der Waals surface area contributed by atoms with E-state index in [1.54, 1.807) is 6.20 Å². The van der Waals surface area contributed by atoms with Gasteiger partial charge in [0.05, 0.1) is 0 Å². The lowest BCUT2D eigenvalue weighted by molar-refractivity contribution is -0.116. The second-order valence-electron chi connectivity index (χ2n) is 4.83. The highest BCUT2D eigenvalue weighted by atomic mass is 16.1. The number of benzene rings is 1. The Balaban J connectivity index is 1.49. The molecule has 22 heavy (non-hydrogen) atoms. The van der Waals surface area contributed by atoms with Crippen molar-refractivity contribution in [2.45, 2.75) is 19.4 Å². The number of carbonyl (C=O) groups excluding carboxylic acids is 1. The average Bonchev–Trinajstić information content (AvgIpc) is 3.21. The zero-order valence-corrected chi connectivity index (χ0v) is 11.9. The molecule has 3 rings (SSSR count). The van der Waals surface area contributed by atoms with Crippen LogP contribution in [0.5, 0.6) is 0 Å². The molecule has 0 aliphatic heterocycles. The monoisotopic (exact) mass is 296 g/mol. The van der Waals surface area contributed by atoms with E-state index in [1.807, 2.05) is 41.2 Å². The molecule has 0 bridgehead atoms. The highest BCUT2D eigenvalue weighted by Crippen LogP contribution is 2.17. The van der Waals surface area contributed by atoms with Crippen molar-refractivity contribution in [3.63, 3.8) is 0 Å². The molecule has 0 atom stereocenters. The van der Waals surface area contributed by atoms with Crippen molar-refractivity contribution in [2.75, 3.05) is 5.32 Å². The Hall–Kier alpha value is -2.96. The lowest BCUT2D eigenvalue weighted by atomic mass is 10.2. The first-order valence-corrected chi connectivity index (χ1v) is 7.04. The highest BCUT2D eigenvalue weighted by Gasteiger charge is 2.04. The van der Waals surface area contributed by atoms with E-state index in [-0.39, 0.29) is 5.91 Å². The van der Waals surface area contributed by atoms with Gasteiger partial charge in [0.2, 0.25) is 5.91 Å². The molecule has 2 N–H and O–H groups in total. The van der Waals surface area contributed by atoms with E-state index in [0.29, 0.717) is 12.2 Å². The summed E-state index contributed by atoms with van der Waals surface area (Å²) in [5, 5.41) is 13.6. The third kappa shape index (κ3) is 3.57. The molecular weight excluding hydrogens is 280 g/mol. The molecule has 0 unspecified atom stereocenters. The molecule has 112 valence electrons. The van der Waals surface area contributed by atoms with Crippen LogP contribution in [0.3, 0.4) is 0 Å². The third-order valence-electron chi connectivity index (χ3n) is 3.21. The van der Waals surface area contributed by atoms with Crippen molar-refractivity contribution in [1.29, 1.82) is 0 Å². The van der Waals surface area contributed by atoms with Gasteiger partial charge in [-0.3, -0.25) is 14.6 Å². The van der Waals surface area contributed by atoms with Crippen molar-refractivity contribution in [1.82, 2.24) is 25.0 Å². The average molecular weight is 296 g/mol. The van der Waals surface area contributed by atoms with E-state index in [2.05, 4.69) is 25.6 Å². The fourth-order valence-corrected chi connectivity index (χ4v) is 2.11. The molecule has 0 spiro atoms. The number of hydrogen-bond acceptors (Lipinski definition) is 4. The van der Waals surface area contributed by atoms with E-state index in [4.69, 9.17) is 0 Å². The predicted octanol–water partition coefficient (Wildman–Crippen LogP) is 2.09. The zero-order chi connectivity index (χ0) is 15.2. The van der Waals surface area contributed by atoms with Crippen LogP contribution in [0.2, 0.25) is 0 Å². The molecule has 2 heterocycles. The van der Waals surface area contributed by atoms with Crippen LogP contribution < -0.4 is 5.32 Å². The van der Waals surface area contributed by atoms with Crippen molar-refractivity contribution < 1.29 is 4.79 Å². The van der Waals surface area contributed by atoms with Gasteiger partial charge in [-0.05, 0) is 36.8 Å². The second-order valence-corrected chi connectivity index (χ2v) is 4.83. The number of nitrogens with zero attached hydrogens (tertiary/aromatic N) is 4. The molecule has 2 aromatic heterocycles. The van der Waals surface area contributed by atoms with Gasteiger partial charge in [-0.25, -0.2) is 4.98 Å². The molecule has 0 aliphatic rings. The van der Waals surface area contributed by atoms with Crippen LogP contribution in [-0.2, 0) is 11.3 Å². The van der Waals surface area contributed by atoms with Crippen molar-refractivity contribution in [3.05, 3.63) is 49.1 Å². The molecule has 0 saturated heterocycles. The van der Waals surface area contributed by atoms with E-state index in [0.717, 1.165) is 24.2 Å². The molecule has 7 nitrogen and oxygen atoms in total. The van der Waals surface area contributed by atoms with Crippen LogP contribution in [0, 0.1) is 0 Å². The SMILES string of the molecule is O=C(CCCn1cccn1)Nc1ccc(-c2ncn[nH]2)cc1. The molecule has 1 aromatic carbocycles. The molecule has 0 aliphatic carbocycles. The summed E-state index contributed by atoms with van der Waals surface area (Å²) in [6, 6.07) is 9.35. The number of anilines is 1. The van der Waals surface area contributed by atoms with Crippen LogP contribution in [0.1, 0.15) is 12.8 Å². The molecular formula is C15H16N6O. The summed E-state index contributed by atoms with van der Waals surface area (Å²) in [6.07, 6.45) is 6.30. The standard InChI is InChI=1S/C15H16N6O/c22-14(3-1-9-21-10-2-8-18-21)19-13-6-4-12(5-7-13)15-16-11-17-20-15/h2,4-8,10-11H,1,3,9H2,(H,19,22)(H,16,17,20). The summed E-state index contributed by atoms with van der Waals surface area (Å²) in [6.45, 7) is 0.741. The summed E-state index contributed by atoms with van der Waals surface area (Å²) in [5.74, 6) is 0.705. The van der Waals surface area contributed by atoms with Crippen LogP contribution in [0.4, 0.5) is 5.69 Å². The fraction of sp³-hybridized carbons (Fsp3) is 0.200. The van der Waals surface area contributed by atoms with Gasteiger partial charge in [-0.2, -0.15) is 10.2 Å². The van der Waals surface area contributed by atoms with Gasteiger partial charge in [-0.1, -0.05) is 0 Å². The first-order valence-electron chi connectivity index (χ1n) is 7.04. The number of aryl methyl sites for hydroxylation is 1. The van der Waals surface area contributed by atoms with Crippen LogP contribution in [-0.4, -0.2) is 30.9 Å². The Bertz CT molecular complexity index is 703. The van der Waals surface area contributed by atoms with Crippen LogP contribution in [0.25, 0.3) is 11.4 Å². The van der Waals surface area contributed by atoms with E-state index >= 15 is 0 Å². The minimum Gasteiger partial charge on any atom is -0.326 e. The quantitative estimate of drug-likeness (QED) is 0.729. The first kappa shape index (κ1) is 14.0. The number of carbonyl (C=O) groups is 1. The topological polar surface area (TPSA) is 88.5 Å². The van der Waals surface area contributed by atoms with E-state index in [9.17, 15) is 4.79 Å². The van der Waals surface area contributed by atoms with Gasteiger partial charge >= 0.3 is 0 Å². The minimum absolute atomic E-state index is 0.000397. The third-order valence-corrected chi connectivity index (χ3v) is 3.21. The lowest BCUT2D eigenvalue weighted by Gasteiger charge is -2.06. The maximum atomic E-state index is 11.9. The van der Waals surface area contributed by atoms with Crippen LogP contribution in [0.15, 0.2) is 49.1 Å². The van der Waals surface area contributed by atoms with Crippen LogP contribution >= 0.6 is 0 Å². The Kier molecular flexibility index (Phi) is 4.24. The Morgan fingerprint density at radius 1 is 1.27 bits per heavy atom. The normalized spacial score (nSPS) is 10.5. The number of rotatable bonds is 6. The minimum atomic E-state index is -0.000397. The number of H-pyrrole nitrogens is 1. The molecule has 0 radical (unpaired) electrons. The molecule has 1 amide bonds. The summed E-state index contributed by atoms with van der Waals surface area (Å²) in [5.41, 5.74) is 1.70. The van der Waals surface area contributed by atoms with Gasteiger partial charge in [0.15, 0.2) is 5.82 Å². The number of amides is 1. The lowest BCUT2D eigenvalue weighted by Crippen LogP contribution is -2.12. The fourth-order valence-electron chi connectivity index (χ4n) is 2.11. The Labute approximate surface area is 127 Å². The van der Waals surface area contributed by atoms with Crippen molar-refractivity contribution in [2.24, 2.45) is 0 Å². The molecule has 0 fully saturated rings. The van der Waals surface area contributed by atoms with Gasteiger partial charge < -0.3 is 5.32 Å². The number of nitrogens with one attached hydrogen (secondary N) is 2. The predicted molar refractivity (Wildman–Crippen MR) is 81.9 cm³/mol. The largest absolute Gasteiger partial charge is 0.326 e. The zero-order valence-electron chi connectivity index (χ0n) is 11.9. The van der Waals surface area contributed by atoms with Crippen molar-refractivity contribution in [3.8, 4) is 11.4 Å².